The van der Waals surface area contributed by atoms with E-state index in [4.69, 9.17) is 0 Å². The highest BCUT2D eigenvalue weighted by Gasteiger charge is 2.05. The zero-order chi connectivity index (χ0) is 8.69. The first kappa shape index (κ1) is 10.2. The van der Waals surface area contributed by atoms with Crippen LogP contribution >= 0.6 is 0 Å². The number of nitrogens with zero attached hydrogens (tertiary/aromatic N) is 2. The van der Waals surface area contributed by atoms with E-state index in [0.29, 0.717) is 0 Å². The molecule has 0 aromatic rings. The van der Waals surface area contributed by atoms with E-state index in [9.17, 15) is 10.1 Å². The van der Waals surface area contributed by atoms with Gasteiger partial charge in [0.15, 0.2) is 5.03 Å². The van der Waals surface area contributed by atoms with Gasteiger partial charge >= 0.3 is 0 Å². The van der Waals surface area contributed by atoms with Crippen LogP contribution in [0.15, 0.2) is 0 Å². The molecule has 0 aliphatic rings. The van der Waals surface area contributed by atoms with E-state index in [-0.39, 0.29) is 0 Å². The first-order valence-corrected chi connectivity index (χ1v) is 3.86. The van der Waals surface area contributed by atoms with Gasteiger partial charge in [0.05, 0.1) is 0 Å². The van der Waals surface area contributed by atoms with E-state index in [2.05, 4.69) is 5.53 Å². The molecule has 0 spiro atoms. The van der Waals surface area contributed by atoms with Crippen LogP contribution in [0.3, 0.4) is 0 Å². The van der Waals surface area contributed by atoms with Crippen molar-refractivity contribution in [3.8, 4) is 0 Å². The Balaban J connectivity index is 3.59. The van der Waals surface area contributed by atoms with Crippen LogP contribution in [0.5, 0.6) is 0 Å². The van der Waals surface area contributed by atoms with Crippen LogP contribution in [-0.2, 0) is 0 Å². The quantitative estimate of drug-likeness (QED) is 0.462. The summed E-state index contributed by atoms with van der Waals surface area (Å²) in [6.07, 6.45) is 1.84. The van der Waals surface area contributed by atoms with E-state index < -0.39 is 5.03 Å². The fourth-order valence-electron chi connectivity index (χ4n) is 0.867. The van der Waals surface area contributed by atoms with E-state index in [1.54, 1.807) is 5.01 Å². The predicted octanol–water partition coefficient (Wildman–Crippen LogP) is 0.805. The molecule has 0 atom stereocenters. The first-order chi connectivity index (χ1) is 5.20. The highest BCUT2D eigenvalue weighted by Crippen LogP contribution is 1.88. The van der Waals surface area contributed by atoms with Gasteiger partial charge in [-0.15, -0.1) is 0 Å². The Morgan fingerprint density at radius 2 is 1.82 bits per heavy atom. The van der Waals surface area contributed by atoms with Gasteiger partial charge in [-0.05, 0) is 12.8 Å². The molecule has 0 fully saturated rings. The number of rotatable bonds is 6. The van der Waals surface area contributed by atoms with Crippen LogP contribution in [0.2, 0.25) is 0 Å². The Labute approximate surface area is 66.5 Å². The third-order valence-electron chi connectivity index (χ3n) is 1.21. The third kappa shape index (κ3) is 5.60. The predicted molar refractivity (Wildman–Crippen MR) is 42.3 cm³/mol. The minimum atomic E-state index is -0.522. The molecule has 1 N–H and O–H groups in total. The maximum Gasteiger partial charge on any atom is 0.173 e. The summed E-state index contributed by atoms with van der Waals surface area (Å²) in [5, 5.41) is 11.1. The Morgan fingerprint density at radius 3 is 2.09 bits per heavy atom. The van der Waals surface area contributed by atoms with Crippen LogP contribution in [0.25, 0.3) is 0 Å². The van der Waals surface area contributed by atoms with Gasteiger partial charge in [-0.2, -0.15) is 5.01 Å². The molecular weight excluding hydrogens is 146 g/mol. The zero-order valence-electron chi connectivity index (χ0n) is 7.04. The molecule has 0 rings (SSSR count). The lowest BCUT2D eigenvalue weighted by molar-refractivity contribution is -0.578. The van der Waals surface area contributed by atoms with E-state index >= 15 is 0 Å². The largest absolute Gasteiger partial charge is 0.234 e. The Bertz CT molecular complexity index is 112. The van der Waals surface area contributed by atoms with E-state index in [1.165, 1.54) is 0 Å². The Kier molecular flexibility index (Phi) is 5.46. The van der Waals surface area contributed by atoms with Gasteiger partial charge in [0.25, 0.3) is 0 Å². The molecular formula is C6H15N3O2. The highest BCUT2D eigenvalue weighted by atomic mass is 16.7. The molecule has 66 valence electrons. The lowest BCUT2D eigenvalue weighted by Crippen LogP contribution is -2.42. The molecule has 0 saturated heterocycles. The van der Waals surface area contributed by atoms with Gasteiger partial charge in [0.2, 0.25) is 0 Å². The minimum Gasteiger partial charge on any atom is -0.234 e. The van der Waals surface area contributed by atoms with Crippen LogP contribution in [0, 0.1) is 10.1 Å². The number of hydrogen-bond acceptors (Lipinski definition) is 3. The molecule has 0 heterocycles. The molecule has 0 aliphatic heterocycles. The Morgan fingerprint density at radius 1 is 1.36 bits per heavy atom. The SMILES string of the molecule is CCCN(CCC)N[N+](=O)[O-]. The molecule has 0 unspecified atom stereocenters. The molecule has 0 radical (unpaired) electrons. The summed E-state index contributed by atoms with van der Waals surface area (Å²) in [5.41, 5.74) is 2.14. The second-order valence-electron chi connectivity index (χ2n) is 2.34. The fraction of sp³-hybridized carbons (Fsp3) is 1.00. The average Bonchev–Trinajstić information content (AvgIpc) is 1.87. The second-order valence-corrected chi connectivity index (χ2v) is 2.34. The van der Waals surface area contributed by atoms with Crippen LogP contribution in [-0.4, -0.2) is 23.1 Å². The van der Waals surface area contributed by atoms with Gasteiger partial charge in [-0.25, -0.2) is 10.1 Å². The van der Waals surface area contributed by atoms with Gasteiger partial charge in [0.1, 0.15) is 0 Å². The molecule has 0 aromatic heterocycles. The smallest absolute Gasteiger partial charge is 0.173 e. The third-order valence-corrected chi connectivity index (χ3v) is 1.21. The minimum absolute atomic E-state index is 0.522. The van der Waals surface area contributed by atoms with Crippen molar-refractivity contribution in [2.75, 3.05) is 13.1 Å². The van der Waals surface area contributed by atoms with Crippen molar-refractivity contribution in [2.45, 2.75) is 26.7 Å². The highest BCUT2D eigenvalue weighted by molar-refractivity contribution is 4.44. The standard InChI is InChI=1S/C6H15N3O2/c1-3-5-8(6-4-2)7-9(10)11/h7H,3-6H2,1-2H3. The number of hydrogen-bond donors (Lipinski definition) is 1. The molecule has 0 aliphatic carbocycles. The van der Waals surface area contributed by atoms with Gasteiger partial charge in [-0.1, -0.05) is 19.4 Å². The zero-order valence-corrected chi connectivity index (χ0v) is 7.04. The van der Waals surface area contributed by atoms with Crippen molar-refractivity contribution >= 4 is 0 Å². The van der Waals surface area contributed by atoms with E-state index in [0.717, 1.165) is 25.9 Å². The Hall–Kier alpha value is -0.840. The first-order valence-electron chi connectivity index (χ1n) is 3.86. The van der Waals surface area contributed by atoms with Crippen molar-refractivity contribution in [2.24, 2.45) is 0 Å². The summed E-state index contributed by atoms with van der Waals surface area (Å²) in [4.78, 5) is 10.0. The van der Waals surface area contributed by atoms with Crippen molar-refractivity contribution in [3.63, 3.8) is 0 Å². The van der Waals surface area contributed by atoms with Crippen LogP contribution < -0.4 is 5.53 Å². The maximum atomic E-state index is 10.0. The fourth-order valence-corrected chi connectivity index (χ4v) is 0.867. The summed E-state index contributed by atoms with van der Waals surface area (Å²) in [6, 6.07) is 0. The van der Waals surface area contributed by atoms with Crippen molar-refractivity contribution in [1.82, 2.24) is 10.5 Å². The van der Waals surface area contributed by atoms with Gasteiger partial charge in [-0.3, -0.25) is 0 Å². The second kappa shape index (κ2) is 5.91. The molecule has 0 amide bonds. The van der Waals surface area contributed by atoms with Gasteiger partial charge < -0.3 is 0 Å². The normalized spacial score (nSPS) is 10.1. The van der Waals surface area contributed by atoms with Crippen molar-refractivity contribution < 1.29 is 5.03 Å². The van der Waals surface area contributed by atoms with E-state index in [1.807, 2.05) is 13.8 Å². The van der Waals surface area contributed by atoms with Crippen molar-refractivity contribution in [3.05, 3.63) is 10.1 Å². The lowest BCUT2D eigenvalue weighted by Gasteiger charge is -2.15. The summed E-state index contributed by atoms with van der Waals surface area (Å²) in [6.45, 7) is 5.41. The van der Waals surface area contributed by atoms with Crippen molar-refractivity contribution in [1.29, 1.82) is 0 Å². The number of nitrogens with one attached hydrogen (secondary N) is 1. The number of nitro groups is 1. The summed E-state index contributed by atoms with van der Waals surface area (Å²) in [7, 11) is 0. The van der Waals surface area contributed by atoms with Crippen LogP contribution in [0.1, 0.15) is 26.7 Å². The monoisotopic (exact) mass is 161 g/mol. The molecule has 0 aromatic carbocycles. The topological polar surface area (TPSA) is 58.4 Å². The van der Waals surface area contributed by atoms with Gasteiger partial charge in [0, 0.05) is 13.1 Å². The number of hydrazine groups is 2. The maximum absolute atomic E-state index is 10.0. The molecule has 5 nitrogen and oxygen atoms in total. The summed E-state index contributed by atoms with van der Waals surface area (Å²) < 4.78 is 0. The molecule has 0 bridgehead atoms. The summed E-state index contributed by atoms with van der Waals surface area (Å²) >= 11 is 0. The lowest BCUT2D eigenvalue weighted by atomic mass is 10.4. The molecule has 0 saturated carbocycles. The molecule has 11 heavy (non-hydrogen) atoms. The van der Waals surface area contributed by atoms with Crippen LogP contribution in [0.4, 0.5) is 0 Å². The average molecular weight is 161 g/mol. The molecule has 5 heteroatoms. The summed E-state index contributed by atoms with van der Waals surface area (Å²) in [5.74, 6) is 0.